The molecular formula is C10H13N3O3S. The normalized spacial score (nSPS) is 12.5. The van der Waals surface area contributed by atoms with Crippen molar-refractivity contribution >= 4 is 21.4 Å². The van der Waals surface area contributed by atoms with Crippen molar-refractivity contribution in [2.24, 2.45) is 0 Å². The molecule has 0 saturated carbocycles. The summed E-state index contributed by atoms with van der Waals surface area (Å²) in [6, 6.07) is 6.17. The van der Waals surface area contributed by atoms with Gasteiger partial charge in [0, 0.05) is 11.8 Å². The largest absolute Gasteiger partial charge is 0.494 e. The molecule has 0 heterocycles. The maximum atomic E-state index is 11.7. The Morgan fingerprint density at radius 2 is 2.18 bits per heavy atom. The number of hydrogen-bond acceptors (Lipinski definition) is 5. The van der Waals surface area contributed by atoms with Gasteiger partial charge >= 0.3 is 0 Å². The third kappa shape index (κ3) is 3.01. The number of ether oxygens (including phenoxy) is 1. The number of hydrogen-bond donors (Lipinski definition) is 2. The van der Waals surface area contributed by atoms with E-state index in [9.17, 15) is 8.42 Å². The number of rotatable bonds is 4. The molecule has 0 amide bonds. The van der Waals surface area contributed by atoms with Crippen LogP contribution in [-0.2, 0) is 10.0 Å². The molecule has 17 heavy (non-hydrogen) atoms. The number of sulfonamides is 1. The average Bonchev–Trinajstić information content (AvgIpc) is 2.30. The fourth-order valence-corrected chi connectivity index (χ4v) is 1.89. The van der Waals surface area contributed by atoms with Crippen LogP contribution >= 0.6 is 0 Å². The number of benzene rings is 1. The number of nitriles is 1. The van der Waals surface area contributed by atoms with Gasteiger partial charge in [-0.2, -0.15) is 5.26 Å². The van der Waals surface area contributed by atoms with Gasteiger partial charge in [0.25, 0.3) is 0 Å². The summed E-state index contributed by atoms with van der Waals surface area (Å²) in [4.78, 5) is 0. The first-order valence-electron chi connectivity index (χ1n) is 4.75. The average molecular weight is 255 g/mol. The Kier molecular flexibility index (Phi) is 3.81. The van der Waals surface area contributed by atoms with Crippen LogP contribution in [0.3, 0.4) is 0 Å². The van der Waals surface area contributed by atoms with Crippen LogP contribution in [0, 0.1) is 11.3 Å². The number of nitrogens with zero attached hydrogens (tertiary/aromatic N) is 1. The van der Waals surface area contributed by atoms with Crippen molar-refractivity contribution in [2.75, 3.05) is 17.6 Å². The molecule has 0 fully saturated rings. The minimum atomic E-state index is -3.74. The van der Waals surface area contributed by atoms with Crippen LogP contribution in [0.1, 0.15) is 6.92 Å². The summed E-state index contributed by atoms with van der Waals surface area (Å²) in [7, 11) is -2.34. The van der Waals surface area contributed by atoms with Gasteiger partial charge in [0.2, 0.25) is 10.0 Å². The number of methoxy groups -OCH3 is 1. The molecule has 0 bridgehead atoms. The molecule has 0 radical (unpaired) electrons. The minimum Gasteiger partial charge on any atom is -0.494 e. The van der Waals surface area contributed by atoms with E-state index in [1.54, 1.807) is 6.07 Å². The van der Waals surface area contributed by atoms with Crippen molar-refractivity contribution in [1.82, 2.24) is 0 Å². The van der Waals surface area contributed by atoms with Gasteiger partial charge in [-0.15, -0.1) is 0 Å². The molecule has 6 nitrogen and oxygen atoms in total. The zero-order chi connectivity index (χ0) is 13.1. The van der Waals surface area contributed by atoms with Gasteiger partial charge in [-0.3, -0.25) is 4.72 Å². The first-order chi connectivity index (χ1) is 7.90. The fourth-order valence-electron chi connectivity index (χ4n) is 1.10. The quantitative estimate of drug-likeness (QED) is 0.778. The predicted molar refractivity (Wildman–Crippen MR) is 65.0 cm³/mol. The van der Waals surface area contributed by atoms with E-state index in [1.807, 2.05) is 0 Å². The minimum absolute atomic E-state index is 0.254. The first kappa shape index (κ1) is 13.1. The van der Waals surface area contributed by atoms with E-state index in [0.717, 1.165) is 0 Å². The highest BCUT2D eigenvalue weighted by atomic mass is 32.2. The smallest absolute Gasteiger partial charge is 0.248 e. The standard InChI is InChI=1S/C10H13N3O3S/c1-7(6-11)17(14,15)13-9-4-3-8(12)5-10(9)16-2/h3-5,7,13H,12H2,1-2H3. The van der Waals surface area contributed by atoms with Gasteiger partial charge in [-0.25, -0.2) is 8.42 Å². The highest BCUT2D eigenvalue weighted by Gasteiger charge is 2.21. The molecule has 92 valence electrons. The van der Waals surface area contributed by atoms with E-state index in [1.165, 1.54) is 32.2 Å². The van der Waals surface area contributed by atoms with Crippen LogP contribution in [-0.4, -0.2) is 20.8 Å². The Morgan fingerprint density at radius 3 is 2.71 bits per heavy atom. The molecule has 1 aromatic rings. The van der Waals surface area contributed by atoms with Gasteiger partial charge in [0.1, 0.15) is 5.75 Å². The monoisotopic (exact) mass is 255 g/mol. The van der Waals surface area contributed by atoms with Crippen molar-refractivity contribution in [3.8, 4) is 11.8 Å². The van der Waals surface area contributed by atoms with Crippen molar-refractivity contribution in [2.45, 2.75) is 12.2 Å². The number of nitrogens with two attached hydrogens (primary N) is 1. The molecule has 0 saturated heterocycles. The summed E-state index contributed by atoms with van der Waals surface area (Å²) in [5.74, 6) is 0.304. The zero-order valence-corrected chi connectivity index (χ0v) is 10.3. The van der Waals surface area contributed by atoms with Crippen LogP contribution in [0.5, 0.6) is 5.75 Å². The Morgan fingerprint density at radius 1 is 1.53 bits per heavy atom. The summed E-state index contributed by atoms with van der Waals surface area (Å²) in [6.45, 7) is 1.30. The maximum absolute atomic E-state index is 11.7. The second-order valence-electron chi connectivity index (χ2n) is 3.38. The van der Waals surface area contributed by atoms with Crippen molar-refractivity contribution in [1.29, 1.82) is 5.26 Å². The molecule has 1 unspecified atom stereocenters. The van der Waals surface area contributed by atoms with Gasteiger partial charge in [-0.1, -0.05) is 0 Å². The summed E-state index contributed by atoms with van der Waals surface area (Å²) in [5, 5.41) is 7.45. The van der Waals surface area contributed by atoms with Crippen LogP contribution in [0.2, 0.25) is 0 Å². The molecule has 0 spiro atoms. The summed E-state index contributed by atoms with van der Waals surface area (Å²) in [6.07, 6.45) is 0. The van der Waals surface area contributed by atoms with Gasteiger partial charge in [0.05, 0.1) is 18.9 Å². The van der Waals surface area contributed by atoms with E-state index in [4.69, 9.17) is 15.7 Å². The first-order valence-corrected chi connectivity index (χ1v) is 6.30. The zero-order valence-electron chi connectivity index (χ0n) is 9.47. The molecule has 1 rings (SSSR count). The van der Waals surface area contributed by atoms with E-state index < -0.39 is 15.3 Å². The Hall–Kier alpha value is -1.94. The van der Waals surface area contributed by atoms with Crippen LogP contribution < -0.4 is 15.2 Å². The summed E-state index contributed by atoms with van der Waals surface area (Å²) < 4.78 is 30.6. The third-order valence-corrected chi connectivity index (χ3v) is 3.67. The lowest BCUT2D eigenvalue weighted by Gasteiger charge is -2.13. The Balaban J connectivity index is 3.09. The number of nitrogen functional groups attached to an aromatic ring is 1. The van der Waals surface area contributed by atoms with Gasteiger partial charge < -0.3 is 10.5 Å². The Bertz CT molecular complexity index is 548. The molecule has 0 aliphatic heterocycles. The highest BCUT2D eigenvalue weighted by molar-refractivity contribution is 7.93. The fraction of sp³-hybridized carbons (Fsp3) is 0.300. The predicted octanol–water partition coefficient (Wildman–Crippen LogP) is 0.931. The number of nitrogens with one attached hydrogen (secondary N) is 1. The van der Waals surface area contributed by atoms with Gasteiger partial charge in [-0.05, 0) is 19.1 Å². The SMILES string of the molecule is COc1cc(N)ccc1NS(=O)(=O)C(C)C#N. The van der Waals surface area contributed by atoms with Crippen molar-refractivity contribution in [3.63, 3.8) is 0 Å². The van der Waals surface area contributed by atoms with Gasteiger partial charge in [0.15, 0.2) is 5.25 Å². The molecule has 0 aromatic heterocycles. The molecule has 0 aliphatic rings. The highest BCUT2D eigenvalue weighted by Crippen LogP contribution is 2.27. The van der Waals surface area contributed by atoms with Crippen LogP contribution in [0.25, 0.3) is 0 Å². The molecule has 1 aromatic carbocycles. The van der Waals surface area contributed by atoms with E-state index in [-0.39, 0.29) is 5.69 Å². The molecule has 7 heteroatoms. The molecule has 0 aliphatic carbocycles. The Labute approximate surface area is 100 Å². The summed E-state index contributed by atoms with van der Waals surface area (Å²) >= 11 is 0. The lowest BCUT2D eigenvalue weighted by molar-refractivity contribution is 0.417. The van der Waals surface area contributed by atoms with Crippen LogP contribution in [0.15, 0.2) is 18.2 Å². The molecule has 1 atom stereocenters. The molecule has 3 N–H and O–H groups in total. The van der Waals surface area contributed by atoms with Crippen LogP contribution in [0.4, 0.5) is 11.4 Å². The second-order valence-corrected chi connectivity index (χ2v) is 5.38. The van der Waals surface area contributed by atoms with Crippen molar-refractivity contribution in [3.05, 3.63) is 18.2 Å². The lowest BCUT2D eigenvalue weighted by Crippen LogP contribution is -2.24. The number of anilines is 2. The molecular weight excluding hydrogens is 242 g/mol. The van der Waals surface area contributed by atoms with E-state index in [0.29, 0.717) is 11.4 Å². The van der Waals surface area contributed by atoms with Crippen molar-refractivity contribution < 1.29 is 13.2 Å². The summed E-state index contributed by atoms with van der Waals surface area (Å²) in [5.41, 5.74) is 6.25. The van der Waals surface area contributed by atoms with E-state index in [2.05, 4.69) is 4.72 Å². The lowest BCUT2D eigenvalue weighted by atomic mass is 10.2. The third-order valence-electron chi connectivity index (χ3n) is 2.13. The maximum Gasteiger partial charge on any atom is 0.248 e. The van der Waals surface area contributed by atoms with E-state index >= 15 is 0 Å². The second kappa shape index (κ2) is 4.93. The topological polar surface area (TPSA) is 105 Å².